The summed E-state index contributed by atoms with van der Waals surface area (Å²) in [5, 5.41) is 24.9. The van der Waals surface area contributed by atoms with Crippen LogP contribution < -0.4 is 37.6 Å². The Morgan fingerprint density at radius 2 is 1.20 bits per heavy atom. The predicted molar refractivity (Wildman–Crippen MR) is 247 cm³/mol. The summed E-state index contributed by atoms with van der Waals surface area (Å²) < 4.78 is 16.3. The number of aryl methyl sites for hydroxylation is 1. The van der Waals surface area contributed by atoms with Crippen molar-refractivity contribution in [2.45, 2.75) is 156 Å². The molecule has 2 aromatic rings. The van der Waals surface area contributed by atoms with E-state index in [0.29, 0.717) is 12.8 Å². The Hall–Kier alpha value is -5.75. The number of carbonyl (C=O) groups is 7. The van der Waals surface area contributed by atoms with E-state index < -0.39 is 83.4 Å². The summed E-state index contributed by atoms with van der Waals surface area (Å²) in [6.07, 6.45) is -0.248. The van der Waals surface area contributed by atoms with Crippen molar-refractivity contribution in [1.82, 2.24) is 31.9 Å². The number of carbonyl (C=O) groups excluding carboxylic acids is 6. The quantitative estimate of drug-likeness (QED) is 0.0488. The third kappa shape index (κ3) is 22.1. The van der Waals surface area contributed by atoms with Crippen LogP contribution in [0.1, 0.15) is 124 Å². The van der Waals surface area contributed by atoms with Crippen LogP contribution in [-0.4, -0.2) is 108 Å². The van der Waals surface area contributed by atoms with E-state index in [1.54, 1.807) is 60.6 Å². The standard InChI is InChI=1S/C47H73N7O11/c1-11-12-15-31-17-19-32(20-18-31)33-21-23-34(24-22-33)39(55)51-35(16-13-14-26-49-44(61)64-46(5,6)7)40(56)53-37(30(4)63-28-29(2)3)41(57)54-38(48)42(58)52-36(43(59)60)25-27-50-45(62)65-47(8,9)10/h17-24,29-30,35-38H,11-16,25-28,48H2,1-10H3,(H,49,61)(H,50,62)(H,51,55)(H,52,58)(H,53,56)(H,54,57)(H,59,60)/t30-,35+,36+,37+,38-/m1/s1. The average molecular weight is 912 g/mol. The number of rotatable bonds is 25. The molecule has 0 spiro atoms. The molecule has 65 heavy (non-hydrogen) atoms. The van der Waals surface area contributed by atoms with Gasteiger partial charge in [0, 0.05) is 25.3 Å². The van der Waals surface area contributed by atoms with Crippen LogP contribution in [-0.2, 0) is 39.8 Å². The normalized spacial score (nSPS) is 13.8. The van der Waals surface area contributed by atoms with E-state index in [1.807, 2.05) is 38.1 Å². The molecule has 2 rings (SSSR count). The molecule has 18 heteroatoms. The third-order valence-electron chi connectivity index (χ3n) is 9.50. The Kier molecular flexibility index (Phi) is 22.9. The molecule has 0 aliphatic rings. The van der Waals surface area contributed by atoms with Crippen LogP contribution >= 0.6 is 0 Å². The van der Waals surface area contributed by atoms with Crippen LogP contribution in [0.5, 0.6) is 0 Å². The monoisotopic (exact) mass is 912 g/mol. The first-order chi connectivity index (χ1) is 30.4. The Labute approximate surface area is 383 Å². The minimum atomic E-state index is -1.77. The fourth-order valence-electron chi connectivity index (χ4n) is 6.10. The van der Waals surface area contributed by atoms with Gasteiger partial charge in [0.2, 0.25) is 11.8 Å². The van der Waals surface area contributed by atoms with Gasteiger partial charge in [-0.15, -0.1) is 0 Å². The molecule has 0 bridgehead atoms. The molecule has 5 atom stereocenters. The van der Waals surface area contributed by atoms with Gasteiger partial charge in [-0.1, -0.05) is 63.6 Å². The lowest BCUT2D eigenvalue weighted by atomic mass is 10.0. The minimum Gasteiger partial charge on any atom is -0.480 e. The summed E-state index contributed by atoms with van der Waals surface area (Å²) >= 11 is 0. The van der Waals surface area contributed by atoms with Gasteiger partial charge in [0.05, 0.1) is 6.10 Å². The van der Waals surface area contributed by atoms with Gasteiger partial charge in [0.15, 0.2) is 6.17 Å². The number of carboxylic acids is 1. The molecule has 362 valence electrons. The maximum Gasteiger partial charge on any atom is 0.407 e. The van der Waals surface area contributed by atoms with Crippen LogP contribution in [0.15, 0.2) is 48.5 Å². The number of amides is 6. The molecule has 0 fully saturated rings. The smallest absolute Gasteiger partial charge is 0.407 e. The average Bonchev–Trinajstić information content (AvgIpc) is 3.21. The largest absolute Gasteiger partial charge is 0.480 e. The summed E-state index contributed by atoms with van der Waals surface area (Å²) in [4.78, 5) is 90.9. The molecule has 0 aliphatic heterocycles. The van der Waals surface area contributed by atoms with Gasteiger partial charge in [-0.25, -0.2) is 14.4 Å². The van der Waals surface area contributed by atoms with E-state index in [0.717, 1.165) is 30.4 Å². The lowest BCUT2D eigenvalue weighted by Gasteiger charge is -2.29. The summed E-state index contributed by atoms with van der Waals surface area (Å²) in [6, 6.07) is 11.1. The summed E-state index contributed by atoms with van der Waals surface area (Å²) in [7, 11) is 0. The Morgan fingerprint density at radius 1 is 0.646 bits per heavy atom. The molecule has 0 aromatic heterocycles. The maximum absolute atomic E-state index is 14.1. The highest BCUT2D eigenvalue weighted by Gasteiger charge is 2.34. The second-order valence-corrected chi connectivity index (χ2v) is 18.3. The van der Waals surface area contributed by atoms with Crippen molar-refractivity contribution in [2.24, 2.45) is 11.7 Å². The second-order valence-electron chi connectivity index (χ2n) is 18.3. The number of alkyl carbamates (subject to hydrolysis) is 2. The Bertz CT molecular complexity index is 1860. The third-order valence-corrected chi connectivity index (χ3v) is 9.50. The molecule has 18 nitrogen and oxygen atoms in total. The Balaban J connectivity index is 2.27. The summed E-state index contributed by atoms with van der Waals surface area (Å²) in [5.41, 5.74) is 7.99. The number of nitrogens with one attached hydrogen (secondary N) is 6. The lowest BCUT2D eigenvalue weighted by molar-refractivity contribution is -0.142. The molecule has 0 radical (unpaired) electrons. The van der Waals surface area contributed by atoms with Gasteiger partial charge >= 0.3 is 18.2 Å². The van der Waals surface area contributed by atoms with Crippen molar-refractivity contribution in [3.63, 3.8) is 0 Å². The highest BCUT2D eigenvalue weighted by atomic mass is 16.6. The van der Waals surface area contributed by atoms with Crippen molar-refractivity contribution < 1.29 is 52.9 Å². The molecule has 0 saturated heterocycles. The number of ether oxygens (including phenoxy) is 3. The molecule has 0 saturated carbocycles. The topological polar surface area (TPSA) is 266 Å². The molecule has 0 unspecified atom stereocenters. The van der Waals surface area contributed by atoms with Gasteiger partial charge in [0.1, 0.15) is 29.3 Å². The molecule has 0 heterocycles. The van der Waals surface area contributed by atoms with Crippen molar-refractivity contribution in [2.75, 3.05) is 19.7 Å². The first-order valence-electron chi connectivity index (χ1n) is 22.3. The second kappa shape index (κ2) is 26.9. The first kappa shape index (κ1) is 55.4. The molecular weight excluding hydrogens is 839 g/mol. The minimum absolute atomic E-state index is 0.0422. The predicted octanol–water partition coefficient (Wildman–Crippen LogP) is 4.92. The molecule has 0 aliphatic carbocycles. The zero-order valence-corrected chi connectivity index (χ0v) is 39.8. The number of benzene rings is 2. The van der Waals surface area contributed by atoms with Gasteiger partial charge in [-0.05, 0) is 122 Å². The van der Waals surface area contributed by atoms with Gasteiger partial charge < -0.3 is 57.0 Å². The summed E-state index contributed by atoms with van der Waals surface area (Å²) in [6.45, 7) is 18.0. The number of aliphatic carboxylic acids is 1. The van der Waals surface area contributed by atoms with Gasteiger partial charge in [-0.3, -0.25) is 19.2 Å². The van der Waals surface area contributed by atoms with E-state index in [-0.39, 0.29) is 44.0 Å². The van der Waals surface area contributed by atoms with Crippen LogP contribution in [0.3, 0.4) is 0 Å². The fraction of sp³-hybridized carbons (Fsp3) is 0.596. The zero-order valence-electron chi connectivity index (χ0n) is 39.8. The van der Waals surface area contributed by atoms with E-state index in [4.69, 9.17) is 19.9 Å². The zero-order chi connectivity index (χ0) is 48.9. The maximum atomic E-state index is 14.1. The van der Waals surface area contributed by atoms with E-state index >= 15 is 0 Å². The molecule has 6 amide bonds. The van der Waals surface area contributed by atoms with Gasteiger partial charge in [0.25, 0.3) is 11.8 Å². The first-order valence-corrected chi connectivity index (χ1v) is 22.3. The number of unbranched alkanes of at least 4 members (excludes halogenated alkanes) is 2. The number of carboxylic acid groups (broad SMARTS) is 1. The van der Waals surface area contributed by atoms with E-state index in [1.165, 1.54) is 5.56 Å². The Morgan fingerprint density at radius 3 is 1.72 bits per heavy atom. The van der Waals surface area contributed by atoms with Crippen LogP contribution in [0.4, 0.5) is 9.59 Å². The van der Waals surface area contributed by atoms with Crippen molar-refractivity contribution in [3.05, 3.63) is 59.7 Å². The highest BCUT2D eigenvalue weighted by Crippen LogP contribution is 2.21. The lowest BCUT2D eigenvalue weighted by Crippen LogP contribution is -2.62. The van der Waals surface area contributed by atoms with Crippen LogP contribution in [0, 0.1) is 5.92 Å². The van der Waals surface area contributed by atoms with Gasteiger partial charge in [-0.2, -0.15) is 0 Å². The van der Waals surface area contributed by atoms with Crippen molar-refractivity contribution in [1.29, 1.82) is 0 Å². The molecule has 9 N–H and O–H groups in total. The van der Waals surface area contributed by atoms with Crippen LogP contribution in [0.25, 0.3) is 11.1 Å². The number of hydrogen-bond donors (Lipinski definition) is 8. The van der Waals surface area contributed by atoms with Crippen LogP contribution in [0.2, 0.25) is 0 Å². The van der Waals surface area contributed by atoms with Crippen molar-refractivity contribution >= 4 is 41.8 Å². The van der Waals surface area contributed by atoms with Crippen molar-refractivity contribution in [3.8, 4) is 11.1 Å². The van der Waals surface area contributed by atoms with E-state index in [2.05, 4.69) is 51.0 Å². The molecular formula is C47H73N7O11. The fourth-order valence-corrected chi connectivity index (χ4v) is 6.10. The number of hydrogen-bond acceptors (Lipinski definition) is 11. The summed E-state index contributed by atoms with van der Waals surface area (Å²) in [5.74, 6) is -4.63. The van der Waals surface area contributed by atoms with E-state index in [9.17, 15) is 38.7 Å². The highest BCUT2D eigenvalue weighted by molar-refractivity contribution is 5.99. The molecule has 2 aromatic carbocycles. The number of nitrogens with two attached hydrogens (primary N) is 1. The SMILES string of the molecule is CCCCc1ccc(-c2ccc(C(=O)N[C@@H](CCCCNC(=O)OC(C)(C)C)C(=O)N[C@H](C(=O)N[C@@H](N)C(=O)N[C@@H](CCNC(=O)OC(C)(C)C)C(=O)O)[C@@H](C)OCC(C)C)cc2)cc1.